The molecule has 0 bridgehead atoms. The summed E-state index contributed by atoms with van der Waals surface area (Å²) in [5.41, 5.74) is 1.15. The maximum absolute atomic E-state index is 5.85. The molecule has 2 aromatic rings. The van der Waals surface area contributed by atoms with Gasteiger partial charge in [0, 0.05) is 24.2 Å². The van der Waals surface area contributed by atoms with Crippen LogP contribution in [-0.4, -0.2) is 48.6 Å². The molecule has 6 nitrogen and oxygen atoms in total. The van der Waals surface area contributed by atoms with Gasteiger partial charge in [0.2, 0.25) is 0 Å². The van der Waals surface area contributed by atoms with Gasteiger partial charge in [0.1, 0.15) is 17.4 Å². The Labute approximate surface area is 202 Å². The van der Waals surface area contributed by atoms with Crippen LogP contribution in [0.25, 0.3) is 0 Å². The normalized spacial score (nSPS) is 11.3. The number of guanidine groups is 1. The zero-order chi connectivity index (χ0) is 20.9. The molecule has 0 radical (unpaired) electrons. The van der Waals surface area contributed by atoms with Crippen molar-refractivity contribution in [1.29, 1.82) is 0 Å². The van der Waals surface area contributed by atoms with E-state index in [1.165, 1.54) is 4.88 Å². The monoisotopic (exact) mass is 545 g/mol. The van der Waals surface area contributed by atoms with Gasteiger partial charge < -0.3 is 20.3 Å². The summed E-state index contributed by atoms with van der Waals surface area (Å²) in [7, 11) is 0. The van der Waals surface area contributed by atoms with Crippen LogP contribution in [0.3, 0.4) is 0 Å². The van der Waals surface area contributed by atoms with E-state index >= 15 is 0 Å². The molecule has 0 saturated carbocycles. The molecule has 0 aliphatic rings. The van der Waals surface area contributed by atoms with Crippen LogP contribution >= 0.6 is 35.3 Å². The summed E-state index contributed by atoms with van der Waals surface area (Å²) in [6, 6.07) is 8.20. The fourth-order valence-corrected chi connectivity index (χ4v) is 3.59. The maximum atomic E-state index is 5.85. The first-order valence-corrected chi connectivity index (χ1v) is 11.4. The van der Waals surface area contributed by atoms with Gasteiger partial charge in [-0.05, 0) is 44.1 Å². The van der Waals surface area contributed by atoms with Gasteiger partial charge in [-0.25, -0.2) is 9.98 Å². The van der Waals surface area contributed by atoms with Crippen LogP contribution in [0.2, 0.25) is 0 Å². The van der Waals surface area contributed by atoms with Crippen molar-refractivity contribution in [2.75, 3.05) is 32.8 Å². The average Bonchev–Trinajstić information content (AvgIpc) is 3.22. The molecule has 8 heteroatoms. The van der Waals surface area contributed by atoms with Gasteiger partial charge in [0.15, 0.2) is 5.96 Å². The molecule has 0 fully saturated rings. The third-order valence-electron chi connectivity index (χ3n) is 4.61. The van der Waals surface area contributed by atoms with Crippen molar-refractivity contribution in [3.8, 4) is 5.75 Å². The summed E-state index contributed by atoms with van der Waals surface area (Å²) >= 11 is 1.75. The van der Waals surface area contributed by atoms with E-state index in [1.807, 2.05) is 18.3 Å². The number of likely N-dealkylation sites (N-methyl/N-ethyl adjacent to an activating group) is 1. The lowest BCUT2D eigenvalue weighted by atomic mass is 10.2. The minimum Gasteiger partial charge on any atom is -0.492 e. The van der Waals surface area contributed by atoms with E-state index in [2.05, 4.69) is 65.3 Å². The van der Waals surface area contributed by atoms with E-state index < -0.39 is 0 Å². The van der Waals surface area contributed by atoms with Crippen LogP contribution < -0.4 is 15.4 Å². The van der Waals surface area contributed by atoms with E-state index in [1.54, 1.807) is 11.3 Å². The first-order valence-electron chi connectivity index (χ1n) is 10.6. The number of nitrogens with zero attached hydrogens (tertiary/aromatic N) is 3. The number of hydrogen-bond acceptors (Lipinski definition) is 5. The molecule has 0 unspecified atom stereocenters. The highest BCUT2D eigenvalue weighted by molar-refractivity contribution is 14.0. The second kappa shape index (κ2) is 15.4. The molecule has 30 heavy (non-hydrogen) atoms. The third kappa shape index (κ3) is 9.61. The zero-order valence-corrected chi connectivity index (χ0v) is 21.8. The van der Waals surface area contributed by atoms with Crippen LogP contribution in [-0.2, 0) is 19.5 Å². The Balaban J connectivity index is 0.00000450. The topological polar surface area (TPSA) is 61.8 Å². The van der Waals surface area contributed by atoms with Gasteiger partial charge in [-0.15, -0.1) is 35.3 Å². The summed E-state index contributed by atoms with van der Waals surface area (Å²) < 4.78 is 5.85. The van der Waals surface area contributed by atoms with Crippen LogP contribution in [0.4, 0.5) is 0 Å². The number of benzene rings is 1. The molecular formula is C22H36IN5OS. The Hall–Kier alpha value is -1.39. The Morgan fingerprint density at radius 2 is 1.83 bits per heavy atom. The highest BCUT2D eigenvalue weighted by Crippen LogP contribution is 2.14. The van der Waals surface area contributed by atoms with Gasteiger partial charge >= 0.3 is 0 Å². The largest absolute Gasteiger partial charge is 0.492 e. The van der Waals surface area contributed by atoms with Crippen LogP contribution in [0.1, 0.15) is 43.1 Å². The lowest BCUT2D eigenvalue weighted by Gasteiger charge is -2.18. The predicted molar refractivity (Wildman–Crippen MR) is 138 cm³/mol. The predicted octanol–water partition coefficient (Wildman–Crippen LogP) is 4.30. The van der Waals surface area contributed by atoms with E-state index in [-0.39, 0.29) is 24.0 Å². The summed E-state index contributed by atoms with van der Waals surface area (Å²) in [5, 5.41) is 7.74. The molecule has 2 rings (SSSR count). The van der Waals surface area contributed by atoms with Crippen LogP contribution in [0.5, 0.6) is 5.75 Å². The van der Waals surface area contributed by atoms with Crippen molar-refractivity contribution >= 4 is 41.3 Å². The van der Waals surface area contributed by atoms with Gasteiger partial charge in [0.25, 0.3) is 0 Å². The van der Waals surface area contributed by atoms with Crippen LogP contribution in [0, 0.1) is 0 Å². The molecule has 0 saturated heterocycles. The summed E-state index contributed by atoms with van der Waals surface area (Å²) in [6.07, 6.45) is 2.98. The summed E-state index contributed by atoms with van der Waals surface area (Å²) in [4.78, 5) is 12.8. The number of aromatic nitrogens is 1. The highest BCUT2D eigenvalue weighted by atomic mass is 127. The van der Waals surface area contributed by atoms with E-state index in [0.717, 1.165) is 54.9 Å². The minimum atomic E-state index is 0. The van der Waals surface area contributed by atoms with E-state index in [4.69, 9.17) is 4.74 Å². The molecule has 0 spiro atoms. The fraction of sp³-hybridized carbons (Fsp3) is 0.545. The average molecular weight is 546 g/mol. The Morgan fingerprint density at radius 1 is 1.10 bits per heavy atom. The second-order valence-corrected chi connectivity index (χ2v) is 7.84. The van der Waals surface area contributed by atoms with Crippen molar-refractivity contribution < 1.29 is 4.74 Å². The van der Waals surface area contributed by atoms with Gasteiger partial charge in [-0.2, -0.15) is 0 Å². The number of rotatable bonds is 12. The van der Waals surface area contributed by atoms with Gasteiger partial charge in [-0.1, -0.05) is 32.9 Å². The Morgan fingerprint density at radius 3 is 2.43 bits per heavy atom. The van der Waals surface area contributed by atoms with Gasteiger partial charge in [-0.3, -0.25) is 0 Å². The Kier molecular flexibility index (Phi) is 13.7. The molecule has 0 aliphatic heterocycles. The van der Waals surface area contributed by atoms with E-state index in [9.17, 15) is 0 Å². The minimum absolute atomic E-state index is 0. The molecule has 1 aromatic heterocycles. The highest BCUT2D eigenvalue weighted by Gasteiger charge is 2.03. The van der Waals surface area contributed by atoms with Crippen molar-refractivity contribution in [3.63, 3.8) is 0 Å². The van der Waals surface area contributed by atoms with Gasteiger partial charge in [0.05, 0.1) is 13.1 Å². The quantitative estimate of drug-likeness (QED) is 0.237. The molecule has 1 aromatic carbocycles. The number of thiazole rings is 1. The van der Waals surface area contributed by atoms with Crippen molar-refractivity contribution in [1.82, 2.24) is 20.5 Å². The molecule has 1 heterocycles. The number of aryl methyl sites for hydroxylation is 1. The number of nitrogens with one attached hydrogen (secondary N) is 2. The summed E-state index contributed by atoms with van der Waals surface area (Å²) in [6.45, 7) is 14.5. The zero-order valence-electron chi connectivity index (χ0n) is 18.6. The molecular weight excluding hydrogens is 509 g/mol. The van der Waals surface area contributed by atoms with Crippen molar-refractivity contribution in [2.24, 2.45) is 4.99 Å². The third-order valence-corrected chi connectivity index (χ3v) is 5.76. The van der Waals surface area contributed by atoms with Crippen molar-refractivity contribution in [3.05, 3.63) is 45.9 Å². The molecule has 2 N–H and O–H groups in total. The van der Waals surface area contributed by atoms with Crippen molar-refractivity contribution in [2.45, 2.75) is 47.2 Å². The molecule has 0 aliphatic carbocycles. The fourth-order valence-electron chi connectivity index (χ4n) is 2.79. The van der Waals surface area contributed by atoms with Crippen LogP contribution in [0.15, 0.2) is 35.5 Å². The Bertz CT molecular complexity index is 731. The molecule has 0 amide bonds. The first kappa shape index (κ1) is 26.6. The first-order chi connectivity index (χ1) is 14.2. The van der Waals surface area contributed by atoms with E-state index in [0.29, 0.717) is 19.7 Å². The number of halogens is 1. The standard InChI is InChI=1S/C22H35N5OS.HI/c1-5-20-16-24-21(29-20)17-26-22(23-6-2)25-15-18-9-11-19(12-10-18)28-14-13-27(7-3)8-4;/h9-12,16H,5-8,13-15,17H2,1-4H3,(H2,23,25,26);1H. The molecule has 0 atom stereocenters. The number of hydrogen-bond donors (Lipinski definition) is 2. The summed E-state index contributed by atoms with van der Waals surface area (Å²) in [5.74, 6) is 1.71. The number of ether oxygens (including phenoxy) is 1. The smallest absolute Gasteiger partial charge is 0.191 e. The lowest BCUT2D eigenvalue weighted by molar-refractivity contribution is 0.223. The SMILES string of the molecule is CCNC(=NCc1ccc(OCCN(CC)CC)cc1)NCc1ncc(CC)s1.I. The lowest BCUT2D eigenvalue weighted by Crippen LogP contribution is -2.36. The molecule has 168 valence electrons. The maximum Gasteiger partial charge on any atom is 0.191 e. The number of aliphatic imine (C=N–C) groups is 1. The second-order valence-electron chi connectivity index (χ2n) is 6.64.